The van der Waals surface area contributed by atoms with E-state index in [0.29, 0.717) is 16.8 Å². The number of benzene rings is 2. The first-order valence-corrected chi connectivity index (χ1v) is 8.10. The van der Waals surface area contributed by atoms with Crippen LogP contribution in [0.25, 0.3) is 16.9 Å². The Hall–Kier alpha value is -3.88. The van der Waals surface area contributed by atoms with Crippen LogP contribution in [0, 0.1) is 24.0 Å². The molecule has 4 rings (SSSR count). The monoisotopic (exact) mass is 362 g/mol. The molecule has 2 aromatic heterocycles. The van der Waals surface area contributed by atoms with Crippen LogP contribution >= 0.6 is 0 Å². The van der Waals surface area contributed by atoms with Gasteiger partial charge < -0.3 is 4.74 Å². The Morgan fingerprint density at radius 3 is 2.67 bits per heavy atom. The van der Waals surface area contributed by atoms with Gasteiger partial charge in [0.25, 0.3) is 0 Å². The molecular formula is C18H14N6O3. The molecule has 134 valence electrons. The maximum absolute atomic E-state index is 11.8. The number of fused-ring (bicyclic) bond motifs is 1. The standard InChI is InChI=1S/C18H14N6O3/c1-11-7-8-13(9-12(11)2)27-18-16(24(25)26)17(19-10-20-18)23-15-6-4-3-5-14(15)21-22-23/h3-10H,1-2H3. The minimum atomic E-state index is -0.581. The van der Waals surface area contributed by atoms with Crippen molar-refractivity contribution in [2.75, 3.05) is 0 Å². The molecule has 0 aliphatic rings. The Labute approximate surface area is 153 Å². The molecule has 27 heavy (non-hydrogen) atoms. The molecule has 0 fully saturated rings. The summed E-state index contributed by atoms with van der Waals surface area (Å²) < 4.78 is 7.01. The van der Waals surface area contributed by atoms with E-state index in [1.54, 1.807) is 30.3 Å². The molecule has 4 aromatic rings. The summed E-state index contributed by atoms with van der Waals surface area (Å²) in [5, 5.41) is 19.8. The fourth-order valence-corrected chi connectivity index (χ4v) is 2.66. The molecule has 0 aliphatic carbocycles. The first-order valence-electron chi connectivity index (χ1n) is 8.10. The average molecular weight is 362 g/mol. The lowest BCUT2D eigenvalue weighted by Crippen LogP contribution is -2.07. The van der Waals surface area contributed by atoms with Gasteiger partial charge >= 0.3 is 11.6 Å². The van der Waals surface area contributed by atoms with E-state index < -0.39 is 4.92 Å². The van der Waals surface area contributed by atoms with Crippen LogP contribution < -0.4 is 4.74 Å². The molecule has 0 saturated carbocycles. The second-order valence-electron chi connectivity index (χ2n) is 5.95. The first-order chi connectivity index (χ1) is 13.0. The van der Waals surface area contributed by atoms with E-state index in [9.17, 15) is 10.1 Å². The van der Waals surface area contributed by atoms with Crippen molar-refractivity contribution >= 4 is 16.7 Å². The van der Waals surface area contributed by atoms with Crippen LogP contribution in [-0.4, -0.2) is 29.9 Å². The maximum Gasteiger partial charge on any atom is 0.375 e. The van der Waals surface area contributed by atoms with Gasteiger partial charge in [-0.1, -0.05) is 23.4 Å². The zero-order valence-corrected chi connectivity index (χ0v) is 14.5. The number of nitrogens with zero attached hydrogens (tertiary/aromatic N) is 6. The molecule has 0 atom stereocenters. The average Bonchev–Trinajstić information content (AvgIpc) is 3.08. The van der Waals surface area contributed by atoms with Crippen molar-refractivity contribution in [3.63, 3.8) is 0 Å². The SMILES string of the molecule is Cc1ccc(Oc2ncnc(-n3nnc4ccccc43)c2[N+](=O)[O-])cc1C. The summed E-state index contributed by atoms with van der Waals surface area (Å²) in [6.45, 7) is 3.91. The number of para-hydroxylation sites is 1. The Bertz CT molecular complexity index is 1170. The first kappa shape index (κ1) is 16.6. The maximum atomic E-state index is 11.8. The minimum absolute atomic E-state index is 0.0115. The van der Waals surface area contributed by atoms with Crippen molar-refractivity contribution in [2.24, 2.45) is 0 Å². The van der Waals surface area contributed by atoms with Crippen LogP contribution in [0.1, 0.15) is 11.1 Å². The fourth-order valence-electron chi connectivity index (χ4n) is 2.66. The molecular weight excluding hydrogens is 348 g/mol. The van der Waals surface area contributed by atoms with Gasteiger partial charge in [0.05, 0.1) is 10.4 Å². The van der Waals surface area contributed by atoms with E-state index in [0.717, 1.165) is 11.1 Å². The van der Waals surface area contributed by atoms with Gasteiger partial charge in [-0.3, -0.25) is 10.1 Å². The fraction of sp³-hybridized carbons (Fsp3) is 0.111. The predicted molar refractivity (Wildman–Crippen MR) is 97.1 cm³/mol. The lowest BCUT2D eigenvalue weighted by molar-refractivity contribution is -0.386. The molecule has 0 spiro atoms. The number of ether oxygens (including phenoxy) is 1. The van der Waals surface area contributed by atoms with E-state index in [1.165, 1.54) is 11.0 Å². The molecule has 0 aliphatic heterocycles. The van der Waals surface area contributed by atoms with Crippen LogP contribution in [0.4, 0.5) is 5.69 Å². The van der Waals surface area contributed by atoms with Crippen molar-refractivity contribution in [2.45, 2.75) is 13.8 Å². The summed E-state index contributed by atoms with van der Waals surface area (Å²) in [6.07, 6.45) is 1.20. The van der Waals surface area contributed by atoms with Gasteiger partial charge in [-0.15, -0.1) is 5.10 Å². The van der Waals surface area contributed by atoms with Crippen LogP contribution in [0.15, 0.2) is 48.8 Å². The number of aromatic nitrogens is 5. The second-order valence-corrected chi connectivity index (χ2v) is 5.95. The number of aryl methyl sites for hydroxylation is 2. The lowest BCUT2D eigenvalue weighted by atomic mass is 10.1. The van der Waals surface area contributed by atoms with Crippen molar-refractivity contribution in [1.82, 2.24) is 25.0 Å². The van der Waals surface area contributed by atoms with Gasteiger partial charge in [0, 0.05) is 0 Å². The molecule has 0 radical (unpaired) electrons. The van der Waals surface area contributed by atoms with Gasteiger partial charge in [-0.2, -0.15) is 9.67 Å². The largest absolute Gasteiger partial charge is 0.434 e. The zero-order valence-electron chi connectivity index (χ0n) is 14.5. The lowest BCUT2D eigenvalue weighted by Gasteiger charge is -2.09. The zero-order chi connectivity index (χ0) is 19.0. The summed E-state index contributed by atoms with van der Waals surface area (Å²) in [7, 11) is 0. The Morgan fingerprint density at radius 1 is 1.07 bits per heavy atom. The number of hydrogen-bond acceptors (Lipinski definition) is 7. The summed E-state index contributed by atoms with van der Waals surface area (Å²) >= 11 is 0. The Balaban J connectivity index is 1.85. The molecule has 0 amide bonds. The van der Waals surface area contributed by atoms with Gasteiger partial charge in [0.1, 0.15) is 17.6 Å². The van der Waals surface area contributed by atoms with Crippen LogP contribution in [0.3, 0.4) is 0 Å². The highest BCUT2D eigenvalue weighted by atomic mass is 16.6. The summed E-state index contributed by atoms with van der Waals surface area (Å²) in [4.78, 5) is 19.2. The molecule has 0 saturated heterocycles. The Morgan fingerprint density at radius 2 is 1.89 bits per heavy atom. The molecule has 0 bridgehead atoms. The van der Waals surface area contributed by atoms with Gasteiger partial charge in [0.2, 0.25) is 5.82 Å². The van der Waals surface area contributed by atoms with E-state index in [-0.39, 0.29) is 17.4 Å². The summed E-state index contributed by atoms with van der Waals surface area (Å²) in [5.41, 5.74) is 2.91. The number of nitro groups is 1. The minimum Gasteiger partial charge on any atom is -0.434 e. The van der Waals surface area contributed by atoms with Crippen molar-refractivity contribution in [3.05, 3.63) is 70.0 Å². The third-order valence-corrected chi connectivity index (χ3v) is 4.20. The van der Waals surface area contributed by atoms with Crippen molar-refractivity contribution in [1.29, 1.82) is 0 Å². The highest BCUT2D eigenvalue weighted by Crippen LogP contribution is 2.34. The number of rotatable bonds is 4. The van der Waals surface area contributed by atoms with Crippen molar-refractivity contribution in [3.8, 4) is 17.4 Å². The van der Waals surface area contributed by atoms with Crippen molar-refractivity contribution < 1.29 is 9.66 Å². The van der Waals surface area contributed by atoms with E-state index >= 15 is 0 Å². The summed E-state index contributed by atoms with van der Waals surface area (Å²) in [6, 6.07) is 12.5. The summed E-state index contributed by atoms with van der Waals surface area (Å²) in [5.74, 6) is 0.282. The van der Waals surface area contributed by atoms with Gasteiger partial charge in [0.15, 0.2) is 0 Å². The molecule has 9 nitrogen and oxygen atoms in total. The van der Waals surface area contributed by atoms with E-state index in [2.05, 4.69) is 20.3 Å². The molecule has 0 N–H and O–H groups in total. The molecule has 0 unspecified atom stereocenters. The van der Waals surface area contributed by atoms with Crippen LogP contribution in [-0.2, 0) is 0 Å². The molecule has 9 heteroatoms. The third kappa shape index (κ3) is 2.95. The van der Waals surface area contributed by atoms with E-state index in [1.807, 2.05) is 26.0 Å². The van der Waals surface area contributed by atoms with Gasteiger partial charge in [-0.25, -0.2) is 4.98 Å². The smallest absolute Gasteiger partial charge is 0.375 e. The molecule has 2 aromatic carbocycles. The highest BCUT2D eigenvalue weighted by Gasteiger charge is 2.28. The predicted octanol–water partition coefficient (Wildman–Crippen LogP) is 3.53. The number of hydrogen-bond donors (Lipinski definition) is 0. The molecule has 2 heterocycles. The second kappa shape index (κ2) is 6.45. The highest BCUT2D eigenvalue weighted by molar-refractivity contribution is 5.76. The van der Waals surface area contributed by atoms with Crippen LogP contribution in [0.2, 0.25) is 0 Å². The van der Waals surface area contributed by atoms with E-state index in [4.69, 9.17) is 4.74 Å². The topological polar surface area (TPSA) is 109 Å². The Kier molecular flexibility index (Phi) is 3.96. The quantitative estimate of drug-likeness (QED) is 0.403. The van der Waals surface area contributed by atoms with Crippen LogP contribution in [0.5, 0.6) is 11.6 Å². The normalized spacial score (nSPS) is 10.9. The van der Waals surface area contributed by atoms with Gasteiger partial charge in [-0.05, 0) is 49.2 Å². The third-order valence-electron chi connectivity index (χ3n) is 4.20.